The summed E-state index contributed by atoms with van der Waals surface area (Å²) in [5.74, 6) is -0.0599. The van der Waals surface area contributed by atoms with Gasteiger partial charge >= 0.3 is 0 Å². The summed E-state index contributed by atoms with van der Waals surface area (Å²) in [5, 5.41) is 3.71. The van der Waals surface area contributed by atoms with Crippen LogP contribution in [0.1, 0.15) is 11.9 Å². The average Bonchev–Trinajstić information content (AvgIpc) is 2.82. The number of hydrogen-bond donors (Lipinski definition) is 1. The lowest BCUT2D eigenvalue weighted by Crippen LogP contribution is -2.17. The molecule has 5 nitrogen and oxygen atoms in total. The number of hydrogen-bond acceptors (Lipinski definition) is 5. The standard InChI is InChI=1S/C11H11BrFN3O2/c1-17-5-9(14)10-15-11(18-16-10)7-4-6(12)2-3-8(7)13/h2-4,9H,5,14H2,1H3. The molecule has 1 heterocycles. The second kappa shape index (κ2) is 5.55. The Balaban J connectivity index is 2.32. The SMILES string of the molecule is COCC(N)c1noc(-c2cc(Br)ccc2F)n1. The maximum Gasteiger partial charge on any atom is 0.260 e. The van der Waals surface area contributed by atoms with E-state index >= 15 is 0 Å². The van der Waals surface area contributed by atoms with Crippen molar-refractivity contribution in [3.63, 3.8) is 0 Å². The molecule has 2 N–H and O–H groups in total. The fourth-order valence-electron chi connectivity index (χ4n) is 1.41. The first-order valence-corrected chi connectivity index (χ1v) is 5.94. The molecule has 0 saturated heterocycles. The van der Waals surface area contributed by atoms with Gasteiger partial charge in [-0.15, -0.1) is 0 Å². The molecular formula is C11H11BrFN3O2. The Kier molecular flexibility index (Phi) is 4.05. The summed E-state index contributed by atoms with van der Waals surface area (Å²) < 4.78 is 24.2. The van der Waals surface area contributed by atoms with Gasteiger partial charge in [-0.1, -0.05) is 21.1 Å². The monoisotopic (exact) mass is 315 g/mol. The van der Waals surface area contributed by atoms with E-state index in [2.05, 4.69) is 26.1 Å². The molecule has 0 spiro atoms. The predicted octanol–water partition coefficient (Wildman–Crippen LogP) is 2.28. The summed E-state index contributed by atoms with van der Waals surface area (Å²) >= 11 is 3.25. The zero-order chi connectivity index (χ0) is 13.1. The highest BCUT2D eigenvalue weighted by atomic mass is 79.9. The first-order valence-electron chi connectivity index (χ1n) is 5.15. The van der Waals surface area contributed by atoms with Gasteiger partial charge in [0.25, 0.3) is 5.89 Å². The Morgan fingerprint density at radius 1 is 1.56 bits per heavy atom. The fraction of sp³-hybridized carbons (Fsp3) is 0.273. The molecule has 1 aromatic carbocycles. The van der Waals surface area contributed by atoms with E-state index in [0.717, 1.165) is 4.47 Å². The third-order valence-corrected chi connectivity index (χ3v) is 2.77. The second-order valence-corrected chi connectivity index (χ2v) is 4.56. The zero-order valence-electron chi connectivity index (χ0n) is 9.56. The molecule has 96 valence electrons. The van der Waals surface area contributed by atoms with E-state index in [1.54, 1.807) is 12.1 Å². The molecule has 2 rings (SSSR count). The fourth-order valence-corrected chi connectivity index (χ4v) is 1.77. The minimum atomic E-state index is -0.497. The molecule has 1 aromatic heterocycles. The van der Waals surface area contributed by atoms with Gasteiger partial charge in [-0.05, 0) is 18.2 Å². The molecular weight excluding hydrogens is 305 g/mol. The minimum absolute atomic E-state index is 0.0929. The number of ether oxygens (including phenoxy) is 1. The van der Waals surface area contributed by atoms with Crippen LogP contribution >= 0.6 is 15.9 Å². The molecule has 0 amide bonds. The molecule has 0 aliphatic heterocycles. The van der Waals surface area contributed by atoms with E-state index in [9.17, 15) is 4.39 Å². The minimum Gasteiger partial charge on any atom is -0.383 e. The normalized spacial score (nSPS) is 12.7. The highest BCUT2D eigenvalue weighted by molar-refractivity contribution is 9.10. The van der Waals surface area contributed by atoms with Crippen LogP contribution in [0.25, 0.3) is 11.5 Å². The average molecular weight is 316 g/mol. The van der Waals surface area contributed by atoms with Crippen molar-refractivity contribution < 1.29 is 13.7 Å². The lowest BCUT2D eigenvalue weighted by atomic mass is 10.2. The van der Waals surface area contributed by atoms with Crippen LogP contribution in [0.3, 0.4) is 0 Å². The summed E-state index contributed by atoms with van der Waals surface area (Å²) in [6.45, 7) is 0.264. The van der Waals surface area contributed by atoms with E-state index in [0.29, 0.717) is 0 Å². The van der Waals surface area contributed by atoms with Crippen LogP contribution in [-0.4, -0.2) is 23.9 Å². The van der Waals surface area contributed by atoms with Crippen LogP contribution in [0.5, 0.6) is 0 Å². The summed E-state index contributed by atoms with van der Waals surface area (Å²) in [6, 6.07) is 3.97. The Bertz CT molecular complexity index is 547. The van der Waals surface area contributed by atoms with Gasteiger partial charge in [0, 0.05) is 11.6 Å². The second-order valence-electron chi connectivity index (χ2n) is 3.64. The van der Waals surface area contributed by atoms with Crippen molar-refractivity contribution in [3.8, 4) is 11.5 Å². The highest BCUT2D eigenvalue weighted by Crippen LogP contribution is 2.25. The molecule has 1 atom stereocenters. The zero-order valence-corrected chi connectivity index (χ0v) is 11.1. The van der Waals surface area contributed by atoms with E-state index in [1.807, 2.05) is 0 Å². The predicted molar refractivity (Wildman–Crippen MR) is 66.2 cm³/mol. The van der Waals surface area contributed by atoms with E-state index in [-0.39, 0.29) is 23.9 Å². The third kappa shape index (κ3) is 2.74. The Labute approximate surface area is 111 Å². The van der Waals surface area contributed by atoms with Crippen LogP contribution in [0.4, 0.5) is 4.39 Å². The van der Waals surface area contributed by atoms with Crippen LogP contribution < -0.4 is 5.73 Å². The van der Waals surface area contributed by atoms with Gasteiger partial charge in [0.1, 0.15) is 5.82 Å². The first-order chi connectivity index (χ1) is 8.61. The number of nitrogens with two attached hydrogens (primary N) is 1. The summed E-state index contributed by atoms with van der Waals surface area (Å²) in [5.41, 5.74) is 5.98. The number of nitrogens with zero attached hydrogens (tertiary/aromatic N) is 2. The third-order valence-electron chi connectivity index (χ3n) is 2.28. The van der Waals surface area contributed by atoms with Crippen LogP contribution in [0.15, 0.2) is 27.2 Å². The Morgan fingerprint density at radius 3 is 3.06 bits per heavy atom. The van der Waals surface area contributed by atoms with Crippen LogP contribution in [0, 0.1) is 5.82 Å². The van der Waals surface area contributed by atoms with Gasteiger partial charge in [-0.25, -0.2) is 4.39 Å². The smallest absolute Gasteiger partial charge is 0.260 e. The molecule has 1 unspecified atom stereocenters. The number of methoxy groups -OCH3 is 1. The number of rotatable bonds is 4. The van der Waals surface area contributed by atoms with Gasteiger partial charge in [-0.2, -0.15) is 4.98 Å². The van der Waals surface area contributed by atoms with Crippen molar-refractivity contribution in [2.75, 3.05) is 13.7 Å². The van der Waals surface area contributed by atoms with Crippen molar-refractivity contribution in [1.29, 1.82) is 0 Å². The summed E-state index contributed by atoms with van der Waals surface area (Å²) in [6.07, 6.45) is 0. The van der Waals surface area contributed by atoms with E-state index < -0.39 is 11.9 Å². The molecule has 0 bridgehead atoms. The lowest BCUT2D eigenvalue weighted by molar-refractivity contribution is 0.177. The molecule has 0 radical (unpaired) electrons. The van der Waals surface area contributed by atoms with Crippen molar-refractivity contribution in [2.45, 2.75) is 6.04 Å². The number of halogens is 2. The van der Waals surface area contributed by atoms with Gasteiger partial charge in [-0.3, -0.25) is 0 Å². The highest BCUT2D eigenvalue weighted by Gasteiger charge is 2.17. The Morgan fingerprint density at radius 2 is 2.33 bits per heavy atom. The van der Waals surface area contributed by atoms with E-state index in [4.69, 9.17) is 15.0 Å². The largest absolute Gasteiger partial charge is 0.383 e. The molecule has 2 aromatic rings. The summed E-state index contributed by atoms with van der Waals surface area (Å²) in [7, 11) is 1.52. The molecule has 0 aliphatic rings. The lowest BCUT2D eigenvalue weighted by Gasteiger charge is -2.03. The van der Waals surface area contributed by atoms with Crippen molar-refractivity contribution in [3.05, 3.63) is 34.3 Å². The van der Waals surface area contributed by atoms with Gasteiger partial charge in [0.15, 0.2) is 5.82 Å². The molecule has 0 fully saturated rings. The van der Waals surface area contributed by atoms with Gasteiger partial charge in [0.2, 0.25) is 0 Å². The van der Waals surface area contributed by atoms with Crippen LogP contribution in [0.2, 0.25) is 0 Å². The quantitative estimate of drug-likeness (QED) is 0.937. The van der Waals surface area contributed by atoms with Gasteiger partial charge < -0.3 is 15.0 Å². The Hall–Kier alpha value is -1.31. The summed E-state index contributed by atoms with van der Waals surface area (Å²) in [4.78, 5) is 4.06. The van der Waals surface area contributed by atoms with Crippen molar-refractivity contribution in [1.82, 2.24) is 10.1 Å². The van der Waals surface area contributed by atoms with E-state index in [1.165, 1.54) is 13.2 Å². The topological polar surface area (TPSA) is 74.2 Å². The molecule has 0 aliphatic carbocycles. The number of benzene rings is 1. The number of aromatic nitrogens is 2. The van der Waals surface area contributed by atoms with Crippen molar-refractivity contribution in [2.24, 2.45) is 5.73 Å². The molecule has 18 heavy (non-hydrogen) atoms. The molecule has 7 heteroatoms. The van der Waals surface area contributed by atoms with Gasteiger partial charge in [0.05, 0.1) is 18.2 Å². The van der Waals surface area contributed by atoms with Crippen molar-refractivity contribution >= 4 is 15.9 Å². The maximum absolute atomic E-state index is 13.6. The maximum atomic E-state index is 13.6. The van der Waals surface area contributed by atoms with Crippen LogP contribution in [-0.2, 0) is 4.74 Å². The first kappa shape index (κ1) is 13.1. The molecule has 0 saturated carbocycles.